The lowest BCUT2D eigenvalue weighted by atomic mass is 10.1. The van der Waals surface area contributed by atoms with Gasteiger partial charge in [0.25, 0.3) is 0 Å². The molecule has 4 nitrogen and oxygen atoms in total. The van der Waals surface area contributed by atoms with Crippen LogP contribution in [0.5, 0.6) is 5.75 Å². The van der Waals surface area contributed by atoms with Gasteiger partial charge >= 0.3 is 0 Å². The van der Waals surface area contributed by atoms with Crippen LogP contribution in [0.1, 0.15) is 6.92 Å². The third-order valence-corrected chi connectivity index (χ3v) is 4.48. The van der Waals surface area contributed by atoms with Crippen LogP contribution >= 0.6 is 0 Å². The maximum atomic E-state index is 11.8. The second-order valence-electron chi connectivity index (χ2n) is 4.25. The second kappa shape index (κ2) is 6.07. The second-order valence-corrected chi connectivity index (χ2v) is 6.02. The van der Waals surface area contributed by atoms with E-state index in [1.54, 1.807) is 38.3 Å². The monoisotopic (exact) mass is 291 g/mol. The van der Waals surface area contributed by atoms with Crippen molar-refractivity contribution in [1.29, 1.82) is 0 Å². The molecule has 0 unspecified atom stereocenters. The third kappa shape index (κ3) is 3.18. The molecule has 2 rings (SSSR count). The van der Waals surface area contributed by atoms with Crippen molar-refractivity contribution in [3.05, 3.63) is 48.5 Å². The zero-order chi connectivity index (χ0) is 14.6. The third-order valence-electron chi connectivity index (χ3n) is 2.92. The highest BCUT2D eigenvalue weighted by molar-refractivity contribution is 7.89. The maximum Gasteiger partial charge on any atom is 0.240 e. The van der Waals surface area contributed by atoms with E-state index in [9.17, 15) is 8.42 Å². The van der Waals surface area contributed by atoms with Crippen LogP contribution in [0.2, 0.25) is 0 Å². The summed E-state index contributed by atoms with van der Waals surface area (Å²) >= 11 is 0. The van der Waals surface area contributed by atoms with Crippen LogP contribution in [0, 0.1) is 0 Å². The minimum Gasteiger partial charge on any atom is -0.497 e. The topological polar surface area (TPSA) is 55.4 Å². The molecule has 0 saturated carbocycles. The molecule has 0 saturated heterocycles. The predicted molar refractivity (Wildman–Crippen MR) is 79.3 cm³/mol. The predicted octanol–water partition coefficient (Wildman–Crippen LogP) is 2.66. The number of ether oxygens (including phenoxy) is 1. The Hall–Kier alpha value is -1.85. The van der Waals surface area contributed by atoms with Crippen molar-refractivity contribution < 1.29 is 13.2 Å². The maximum absolute atomic E-state index is 11.8. The zero-order valence-electron chi connectivity index (χ0n) is 11.5. The molecule has 106 valence electrons. The first-order chi connectivity index (χ1) is 9.56. The number of benzene rings is 2. The van der Waals surface area contributed by atoms with Crippen LogP contribution in [-0.2, 0) is 10.0 Å². The van der Waals surface area contributed by atoms with Gasteiger partial charge in [-0.2, -0.15) is 0 Å². The largest absolute Gasteiger partial charge is 0.497 e. The summed E-state index contributed by atoms with van der Waals surface area (Å²) in [5, 5.41) is 0. The summed E-state index contributed by atoms with van der Waals surface area (Å²) < 4.78 is 31.2. The zero-order valence-corrected chi connectivity index (χ0v) is 12.3. The lowest BCUT2D eigenvalue weighted by Gasteiger charge is -2.07. The van der Waals surface area contributed by atoms with E-state index in [1.165, 1.54) is 0 Å². The van der Waals surface area contributed by atoms with E-state index in [1.807, 2.05) is 24.3 Å². The van der Waals surface area contributed by atoms with Crippen molar-refractivity contribution >= 4 is 10.0 Å². The van der Waals surface area contributed by atoms with Gasteiger partial charge in [0.05, 0.1) is 12.0 Å². The average Bonchev–Trinajstić information content (AvgIpc) is 2.47. The number of hydrogen-bond acceptors (Lipinski definition) is 3. The van der Waals surface area contributed by atoms with Gasteiger partial charge in [0.2, 0.25) is 10.0 Å². The van der Waals surface area contributed by atoms with Gasteiger partial charge < -0.3 is 4.74 Å². The van der Waals surface area contributed by atoms with E-state index in [-0.39, 0.29) is 4.90 Å². The van der Waals surface area contributed by atoms with E-state index in [4.69, 9.17) is 4.74 Å². The fourth-order valence-corrected chi connectivity index (χ4v) is 2.92. The van der Waals surface area contributed by atoms with Crippen molar-refractivity contribution in [3.8, 4) is 16.9 Å². The number of methoxy groups -OCH3 is 1. The summed E-state index contributed by atoms with van der Waals surface area (Å²) in [5.74, 6) is 0.792. The number of sulfonamides is 1. The van der Waals surface area contributed by atoms with Crippen molar-refractivity contribution in [2.45, 2.75) is 11.8 Å². The fourth-order valence-electron chi connectivity index (χ4n) is 1.88. The fraction of sp³-hybridized carbons (Fsp3) is 0.200. The molecule has 1 N–H and O–H groups in total. The Morgan fingerprint density at radius 1 is 0.950 bits per heavy atom. The van der Waals surface area contributed by atoms with E-state index in [2.05, 4.69) is 4.72 Å². The molecule has 20 heavy (non-hydrogen) atoms. The number of hydrogen-bond donors (Lipinski definition) is 1. The first-order valence-electron chi connectivity index (χ1n) is 6.31. The molecule has 0 atom stereocenters. The molecule has 0 spiro atoms. The summed E-state index contributed by atoms with van der Waals surface area (Å²) in [4.78, 5) is 0.275. The standard InChI is InChI=1S/C15H17NO3S/c1-3-16-20(17,18)15-10-6-13(7-11-15)12-4-8-14(19-2)9-5-12/h4-11,16H,3H2,1-2H3. The Morgan fingerprint density at radius 3 is 1.90 bits per heavy atom. The molecule has 0 radical (unpaired) electrons. The minimum atomic E-state index is -3.39. The minimum absolute atomic E-state index is 0.275. The molecule has 0 aromatic heterocycles. The van der Waals surface area contributed by atoms with Gasteiger partial charge in [-0.15, -0.1) is 0 Å². The van der Waals surface area contributed by atoms with E-state index < -0.39 is 10.0 Å². The lowest BCUT2D eigenvalue weighted by Crippen LogP contribution is -2.22. The molecule has 0 fully saturated rings. The molecule has 5 heteroatoms. The molecule has 0 amide bonds. The van der Waals surface area contributed by atoms with Crippen molar-refractivity contribution in [2.24, 2.45) is 0 Å². The summed E-state index contributed by atoms with van der Waals surface area (Å²) in [6, 6.07) is 14.4. The van der Waals surface area contributed by atoms with E-state index in [0.717, 1.165) is 16.9 Å². The highest BCUT2D eigenvalue weighted by atomic mass is 32.2. The molecule has 2 aromatic carbocycles. The normalized spacial score (nSPS) is 11.3. The lowest BCUT2D eigenvalue weighted by molar-refractivity contribution is 0.415. The van der Waals surface area contributed by atoms with Gasteiger partial charge in [-0.25, -0.2) is 13.1 Å². The van der Waals surface area contributed by atoms with Crippen LogP contribution in [0.3, 0.4) is 0 Å². The summed E-state index contributed by atoms with van der Waals surface area (Å²) in [7, 11) is -1.77. The molecule has 0 heterocycles. The van der Waals surface area contributed by atoms with Gasteiger partial charge in [-0.1, -0.05) is 31.2 Å². The Morgan fingerprint density at radius 2 is 1.45 bits per heavy atom. The van der Waals surface area contributed by atoms with Crippen molar-refractivity contribution in [2.75, 3.05) is 13.7 Å². The molecular weight excluding hydrogens is 274 g/mol. The number of nitrogens with one attached hydrogen (secondary N) is 1. The Kier molecular flexibility index (Phi) is 4.42. The van der Waals surface area contributed by atoms with E-state index in [0.29, 0.717) is 6.54 Å². The van der Waals surface area contributed by atoms with Crippen LogP contribution in [0.25, 0.3) is 11.1 Å². The smallest absolute Gasteiger partial charge is 0.240 e. The van der Waals surface area contributed by atoms with Crippen LogP contribution < -0.4 is 9.46 Å². The van der Waals surface area contributed by atoms with Crippen molar-refractivity contribution in [1.82, 2.24) is 4.72 Å². The molecule has 0 bridgehead atoms. The molecule has 0 aliphatic heterocycles. The first kappa shape index (κ1) is 14.6. The number of rotatable bonds is 5. The molecule has 0 aliphatic rings. The highest BCUT2D eigenvalue weighted by Crippen LogP contribution is 2.23. The average molecular weight is 291 g/mol. The molecule has 0 aliphatic carbocycles. The SMILES string of the molecule is CCNS(=O)(=O)c1ccc(-c2ccc(OC)cc2)cc1. The summed E-state index contributed by atoms with van der Waals surface area (Å²) in [5.41, 5.74) is 1.97. The van der Waals surface area contributed by atoms with Gasteiger partial charge in [-0.05, 0) is 35.4 Å². The van der Waals surface area contributed by atoms with Crippen LogP contribution in [-0.4, -0.2) is 22.1 Å². The Labute approximate surface area is 119 Å². The van der Waals surface area contributed by atoms with Crippen molar-refractivity contribution in [3.63, 3.8) is 0 Å². The molecular formula is C15H17NO3S. The van der Waals surface area contributed by atoms with Gasteiger partial charge in [0.1, 0.15) is 5.75 Å². The Bertz CT molecular complexity index is 661. The van der Waals surface area contributed by atoms with Gasteiger partial charge in [-0.3, -0.25) is 0 Å². The summed E-state index contributed by atoms with van der Waals surface area (Å²) in [6.07, 6.45) is 0. The van der Waals surface area contributed by atoms with Crippen LogP contribution in [0.15, 0.2) is 53.4 Å². The van der Waals surface area contributed by atoms with E-state index >= 15 is 0 Å². The van der Waals surface area contributed by atoms with Gasteiger partial charge in [0, 0.05) is 6.54 Å². The quantitative estimate of drug-likeness (QED) is 0.921. The van der Waals surface area contributed by atoms with Gasteiger partial charge in [0.15, 0.2) is 0 Å². The summed E-state index contributed by atoms with van der Waals surface area (Å²) in [6.45, 7) is 2.13. The Balaban J connectivity index is 2.27. The highest BCUT2D eigenvalue weighted by Gasteiger charge is 2.12. The van der Waals surface area contributed by atoms with Crippen LogP contribution in [0.4, 0.5) is 0 Å². The molecule has 2 aromatic rings. The first-order valence-corrected chi connectivity index (χ1v) is 7.79.